The van der Waals surface area contributed by atoms with Gasteiger partial charge in [0.2, 0.25) is 11.7 Å². The second-order valence-electron chi connectivity index (χ2n) is 8.62. The van der Waals surface area contributed by atoms with Crippen molar-refractivity contribution < 1.29 is 23.9 Å². The molecular weight excluding hydrogens is 430 g/mol. The highest BCUT2D eigenvalue weighted by Crippen LogP contribution is 2.29. The Morgan fingerprint density at radius 3 is 1.97 bits per heavy atom. The number of rotatable bonds is 7. The molecule has 0 aromatic heterocycles. The van der Waals surface area contributed by atoms with Crippen molar-refractivity contribution in [1.29, 1.82) is 0 Å². The number of nitrogens with zero attached hydrogens (tertiary/aromatic N) is 1. The van der Waals surface area contributed by atoms with Gasteiger partial charge in [-0.3, -0.25) is 14.4 Å². The maximum Gasteiger partial charge on any atom is 0.312 e. The number of esters is 1. The molecule has 0 aliphatic carbocycles. The Hall–Kier alpha value is -3.93. The minimum Gasteiger partial charge on any atom is -0.457 e. The molecule has 34 heavy (non-hydrogen) atoms. The van der Waals surface area contributed by atoms with Crippen LogP contribution in [0.2, 0.25) is 0 Å². The summed E-state index contributed by atoms with van der Waals surface area (Å²) >= 11 is 0. The monoisotopic (exact) mass is 457 g/mol. The summed E-state index contributed by atoms with van der Waals surface area (Å²) in [4.78, 5) is 39.4. The number of carbonyl (C=O) groups excluding carboxylic acids is 3. The molecular formula is C28H27NO5. The molecule has 4 rings (SSSR count). The van der Waals surface area contributed by atoms with Gasteiger partial charge in [0.15, 0.2) is 6.10 Å². The van der Waals surface area contributed by atoms with E-state index in [1.807, 2.05) is 50.2 Å². The molecule has 1 aliphatic heterocycles. The largest absolute Gasteiger partial charge is 0.457 e. The Kier molecular flexibility index (Phi) is 6.77. The Labute approximate surface area is 199 Å². The lowest BCUT2D eigenvalue weighted by atomic mass is 10.1. The van der Waals surface area contributed by atoms with E-state index in [1.165, 1.54) is 0 Å². The van der Waals surface area contributed by atoms with Gasteiger partial charge in [0, 0.05) is 24.2 Å². The number of Topliss-reactive ketones (excluding diaryl/α,β-unsaturated/α-hetero) is 1. The number of amides is 1. The van der Waals surface area contributed by atoms with Crippen LogP contribution in [0.5, 0.6) is 11.5 Å². The number of anilines is 1. The van der Waals surface area contributed by atoms with E-state index in [0.717, 1.165) is 16.9 Å². The highest BCUT2D eigenvalue weighted by atomic mass is 16.5. The van der Waals surface area contributed by atoms with E-state index in [0.29, 0.717) is 17.0 Å². The first kappa shape index (κ1) is 23.2. The highest BCUT2D eigenvalue weighted by molar-refractivity contribution is 6.02. The number of hydrogen-bond acceptors (Lipinski definition) is 5. The summed E-state index contributed by atoms with van der Waals surface area (Å²) in [5, 5.41) is 0. The lowest BCUT2D eigenvalue weighted by Gasteiger charge is -2.18. The summed E-state index contributed by atoms with van der Waals surface area (Å²) < 4.78 is 11.3. The Bertz CT molecular complexity index is 1180. The quantitative estimate of drug-likeness (QED) is 0.357. The second kappa shape index (κ2) is 9.91. The Morgan fingerprint density at radius 2 is 1.38 bits per heavy atom. The van der Waals surface area contributed by atoms with E-state index in [1.54, 1.807) is 48.2 Å². The molecule has 1 amide bonds. The predicted octanol–water partition coefficient (Wildman–Crippen LogP) is 5.26. The van der Waals surface area contributed by atoms with Crippen molar-refractivity contribution in [3.05, 3.63) is 89.5 Å². The fourth-order valence-electron chi connectivity index (χ4n) is 3.83. The summed E-state index contributed by atoms with van der Waals surface area (Å²) in [5.41, 5.74) is 3.36. The molecule has 6 nitrogen and oxygen atoms in total. The zero-order valence-electron chi connectivity index (χ0n) is 19.5. The van der Waals surface area contributed by atoms with Crippen LogP contribution in [0.3, 0.4) is 0 Å². The summed E-state index contributed by atoms with van der Waals surface area (Å²) in [6.45, 7) is 5.71. The van der Waals surface area contributed by atoms with E-state index < -0.39 is 18.0 Å². The third kappa shape index (κ3) is 5.34. The molecule has 2 atom stereocenters. The van der Waals surface area contributed by atoms with Gasteiger partial charge in [-0.1, -0.05) is 47.5 Å². The van der Waals surface area contributed by atoms with Gasteiger partial charge in [0.1, 0.15) is 11.5 Å². The van der Waals surface area contributed by atoms with Crippen molar-refractivity contribution in [2.24, 2.45) is 5.92 Å². The number of benzene rings is 3. The van der Waals surface area contributed by atoms with Crippen LogP contribution in [0.15, 0.2) is 72.8 Å². The van der Waals surface area contributed by atoms with Crippen molar-refractivity contribution in [2.45, 2.75) is 33.3 Å². The molecule has 1 heterocycles. The second-order valence-corrected chi connectivity index (χ2v) is 8.62. The van der Waals surface area contributed by atoms with E-state index in [-0.39, 0.29) is 24.7 Å². The summed E-state index contributed by atoms with van der Waals surface area (Å²) in [5.74, 6) is -0.205. The zero-order chi connectivity index (χ0) is 24.2. The number of aryl methyl sites for hydroxylation is 2. The van der Waals surface area contributed by atoms with Gasteiger partial charge >= 0.3 is 5.97 Å². The van der Waals surface area contributed by atoms with Crippen LogP contribution >= 0.6 is 0 Å². The number of ketones is 1. The van der Waals surface area contributed by atoms with Gasteiger partial charge in [0.05, 0.1) is 5.92 Å². The normalized spacial score (nSPS) is 16.3. The fourth-order valence-corrected chi connectivity index (χ4v) is 3.83. The van der Waals surface area contributed by atoms with E-state index in [4.69, 9.17) is 9.47 Å². The third-order valence-corrected chi connectivity index (χ3v) is 5.86. The molecule has 1 fully saturated rings. The average Bonchev–Trinajstić information content (AvgIpc) is 3.23. The molecule has 0 saturated carbocycles. The smallest absolute Gasteiger partial charge is 0.312 e. The van der Waals surface area contributed by atoms with E-state index >= 15 is 0 Å². The molecule has 0 radical (unpaired) electrons. The number of hydrogen-bond donors (Lipinski definition) is 0. The Balaban J connectivity index is 1.35. The van der Waals surface area contributed by atoms with Crippen LogP contribution in [-0.4, -0.2) is 30.3 Å². The van der Waals surface area contributed by atoms with E-state index in [2.05, 4.69) is 0 Å². The molecule has 6 heteroatoms. The van der Waals surface area contributed by atoms with Crippen molar-refractivity contribution in [1.82, 2.24) is 0 Å². The fraction of sp³-hybridized carbons (Fsp3) is 0.250. The number of carbonyl (C=O) groups is 3. The highest BCUT2D eigenvalue weighted by Gasteiger charge is 2.37. The topological polar surface area (TPSA) is 72.9 Å². The van der Waals surface area contributed by atoms with Gasteiger partial charge < -0.3 is 14.4 Å². The molecule has 3 aromatic carbocycles. The zero-order valence-corrected chi connectivity index (χ0v) is 19.5. The standard InChI is InChI=1S/C28H27NO5/c1-18-4-8-21(9-5-18)27(31)20(3)33-28(32)22-16-26(30)29(17-22)23-10-14-25(15-11-23)34-24-12-6-19(2)7-13-24/h4-15,20,22H,16-17H2,1-3H3/t20-,22-/m1/s1. The minimum absolute atomic E-state index is 0.0475. The van der Waals surface area contributed by atoms with Gasteiger partial charge in [-0.2, -0.15) is 0 Å². The molecule has 0 bridgehead atoms. The lowest BCUT2D eigenvalue weighted by Crippen LogP contribution is -2.30. The van der Waals surface area contributed by atoms with Crippen LogP contribution in [0.4, 0.5) is 5.69 Å². The van der Waals surface area contributed by atoms with Crippen LogP contribution in [0, 0.1) is 19.8 Å². The first-order valence-corrected chi connectivity index (χ1v) is 11.3. The maximum atomic E-state index is 12.7. The van der Waals surface area contributed by atoms with Gasteiger partial charge in [0.25, 0.3) is 0 Å². The number of ether oxygens (including phenoxy) is 2. The molecule has 1 aliphatic rings. The van der Waals surface area contributed by atoms with Crippen LogP contribution < -0.4 is 9.64 Å². The van der Waals surface area contributed by atoms with Crippen molar-refractivity contribution >= 4 is 23.3 Å². The van der Waals surface area contributed by atoms with Gasteiger partial charge in [-0.05, 0) is 57.2 Å². The SMILES string of the molecule is Cc1ccc(Oc2ccc(N3C[C@H](C(=O)O[C@H](C)C(=O)c4ccc(C)cc4)CC3=O)cc2)cc1. The summed E-state index contributed by atoms with van der Waals surface area (Å²) in [6, 6.07) is 22.0. The molecule has 0 unspecified atom stereocenters. The Morgan fingerprint density at radius 1 is 0.853 bits per heavy atom. The van der Waals surface area contributed by atoms with Crippen LogP contribution in [-0.2, 0) is 14.3 Å². The lowest BCUT2D eigenvalue weighted by molar-refractivity contribution is -0.151. The average molecular weight is 458 g/mol. The van der Waals surface area contributed by atoms with Crippen LogP contribution in [0.1, 0.15) is 34.8 Å². The van der Waals surface area contributed by atoms with Gasteiger partial charge in [-0.25, -0.2) is 0 Å². The maximum absolute atomic E-state index is 12.7. The molecule has 0 spiro atoms. The molecule has 1 saturated heterocycles. The van der Waals surface area contributed by atoms with E-state index in [9.17, 15) is 14.4 Å². The first-order chi connectivity index (χ1) is 16.3. The van der Waals surface area contributed by atoms with Crippen molar-refractivity contribution in [3.8, 4) is 11.5 Å². The minimum atomic E-state index is -0.919. The molecule has 0 N–H and O–H groups in total. The summed E-state index contributed by atoms with van der Waals surface area (Å²) in [6.07, 6.45) is -0.871. The molecule has 3 aromatic rings. The van der Waals surface area contributed by atoms with Crippen molar-refractivity contribution in [2.75, 3.05) is 11.4 Å². The predicted molar refractivity (Wildman–Crippen MR) is 129 cm³/mol. The summed E-state index contributed by atoms with van der Waals surface area (Å²) in [7, 11) is 0. The third-order valence-electron chi connectivity index (χ3n) is 5.86. The first-order valence-electron chi connectivity index (χ1n) is 11.3. The van der Waals surface area contributed by atoms with Crippen molar-refractivity contribution in [3.63, 3.8) is 0 Å². The van der Waals surface area contributed by atoms with Gasteiger partial charge in [-0.15, -0.1) is 0 Å². The molecule has 174 valence electrons. The van der Waals surface area contributed by atoms with Crippen LogP contribution in [0.25, 0.3) is 0 Å².